The van der Waals surface area contributed by atoms with Gasteiger partial charge >= 0.3 is 0 Å². The van der Waals surface area contributed by atoms with Gasteiger partial charge in [0.1, 0.15) is 5.52 Å². The number of anilines is 1. The molecule has 1 saturated heterocycles. The van der Waals surface area contributed by atoms with Gasteiger partial charge < -0.3 is 9.80 Å². The van der Waals surface area contributed by atoms with Crippen LogP contribution in [0.15, 0.2) is 53.6 Å². The Bertz CT molecular complexity index is 996. The van der Waals surface area contributed by atoms with E-state index in [0.717, 1.165) is 18.8 Å². The lowest BCUT2D eigenvalue weighted by Gasteiger charge is -2.36. The van der Waals surface area contributed by atoms with Gasteiger partial charge in [0.25, 0.3) is 5.56 Å². The number of carbonyl (C=O) groups excluding carboxylic acids is 1. The van der Waals surface area contributed by atoms with Crippen molar-refractivity contribution in [3.05, 3.63) is 59.1 Å². The second kappa shape index (κ2) is 7.53. The Balaban J connectivity index is 1.35. The average molecular weight is 364 g/mol. The van der Waals surface area contributed by atoms with Crippen molar-refractivity contribution in [3.63, 3.8) is 0 Å². The molecule has 138 valence electrons. The van der Waals surface area contributed by atoms with Gasteiger partial charge in [0, 0.05) is 50.7 Å². The molecule has 4 rings (SSSR count). The molecule has 0 spiro atoms. The molecule has 2 aromatic heterocycles. The zero-order valence-electron chi connectivity index (χ0n) is 14.9. The Labute approximate surface area is 156 Å². The Morgan fingerprint density at radius 1 is 1.00 bits per heavy atom. The van der Waals surface area contributed by atoms with Crippen LogP contribution in [0.4, 0.5) is 5.69 Å². The van der Waals surface area contributed by atoms with E-state index in [9.17, 15) is 9.59 Å². The number of fused-ring (bicyclic) bond motifs is 1. The quantitative estimate of drug-likeness (QED) is 0.685. The number of aryl methyl sites for hydroxylation is 1. The minimum atomic E-state index is -0.212. The largest absolute Gasteiger partial charge is 0.368 e. The highest BCUT2D eigenvalue weighted by Crippen LogP contribution is 2.15. The summed E-state index contributed by atoms with van der Waals surface area (Å²) in [5, 5.41) is 8.52. The maximum atomic E-state index is 12.5. The highest BCUT2D eigenvalue weighted by Gasteiger charge is 2.21. The molecule has 1 aliphatic rings. The normalized spacial score (nSPS) is 14.5. The van der Waals surface area contributed by atoms with Crippen molar-refractivity contribution in [2.45, 2.75) is 13.0 Å². The summed E-state index contributed by atoms with van der Waals surface area (Å²) in [6.07, 6.45) is 3.78. The predicted octanol–water partition coefficient (Wildman–Crippen LogP) is 0.925. The lowest BCUT2D eigenvalue weighted by Crippen LogP contribution is -2.49. The van der Waals surface area contributed by atoms with E-state index in [0.29, 0.717) is 24.0 Å². The molecule has 0 aliphatic carbocycles. The molecule has 3 heterocycles. The predicted molar refractivity (Wildman–Crippen MR) is 101 cm³/mol. The minimum Gasteiger partial charge on any atom is -0.368 e. The molecule has 8 nitrogen and oxygen atoms in total. The summed E-state index contributed by atoms with van der Waals surface area (Å²) < 4.78 is 1.27. The Kier molecular flexibility index (Phi) is 4.78. The van der Waals surface area contributed by atoms with Gasteiger partial charge in [-0.05, 0) is 24.3 Å². The van der Waals surface area contributed by atoms with Gasteiger partial charge in [-0.25, -0.2) is 4.68 Å². The van der Waals surface area contributed by atoms with E-state index in [4.69, 9.17) is 0 Å². The van der Waals surface area contributed by atoms with Gasteiger partial charge in [0.05, 0.1) is 11.9 Å². The Morgan fingerprint density at radius 2 is 1.74 bits per heavy atom. The first-order chi connectivity index (χ1) is 13.2. The first-order valence-electron chi connectivity index (χ1n) is 8.98. The van der Waals surface area contributed by atoms with Crippen LogP contribution < -0.4 is 10.5 Å². The first kappa shape index (κ1) is 17.1. The van der Waals surface area contributed by atoms with Crippen LogP contribution >= 0.6 is 0 Å². The smallest absolute Gasteiger partial charge is 0.277 e. The molecule has 1 aliphatic heterocycles. The molecule has 3 aromatic rings. The molecule has 0 unspecified atom stereocenters. The number of hydrogen-bond acceptors (Lipinski definition) is 6. The van der Waals surface area contributed by atoms with Crippen LogP contribution in [0.25, 0.3) is 10.9 Å². The van der Waals surface area contributed by atoms with Crippen molar-refractivity contribution in [1.82, 2.24) is 24.9 Å². The molecule has 8 heteroatoms. The number of hydrogen-bond donors (Lipinski definition) is 0. The highest BCUT2D eigenvalue weighted by molar-refractivity contribution is 5.77. The third kappa shape index (κ3) is 3.64. The molecule has 1 fully saturated rings. The van der Waals surface area contributed by atoms with Crippen molar-refractivity contribution >= 4 is 22.5 Å². The van der Waals surface area contributed by atoms with Crippen LogP contribution in [0.5, 0.6) is 0 Å². The van der Waals surface area contributed by atoms with E-state index >= 15 is 0 Å². The number of carbonyl (C=O) groups is 1. The van der Waals surface area contributed by atoms with Crippen molar-refractivity contribution in [2.75, 3.05) is 31.1 Å². The first-order valence-corrected chi connectivity index (χ1v) is 8.98. The summed E-state index contributed by atoms with van der Waals surface area (Å²) in [4.78, 5) is 33.1. The number of pyridine rings is 1. The highest BCUT2D eigenvalue weighted by atomic mass is 16.2. The van der Waals surface area contributed by atoms with Gasteiger partial charge in [-0.1, -0.05) is 17.3 Å². The van der Waals surface area contributed by atoms with Gasteiger partial charge in [-0.15, -0.1) is 5.10 Å². The third-order valence-electron chi connectivity index (χ3n) is 4.83. The number of nitrogens with zero attached hydrogens (tertiary/aromatic N) is 6. The van der Waals surface area contributed by atoms with E-state index in [1.165, 1.54) is 4.68 Å². The molecule has 1 amide bonds. The molecular weight excluding hydrogens is 344 g/mol. The second-order valence-electron chi connectivity index (χ2n) is 6.46. The molecule has 0 radical (unpaired) electrons. The van der Waals surface area contributed by atoms with E-state index < -0.39 is 0 Å². The average Bonchev–Trinajstić information content (AvgIpc) is 2.74. The molecule has 1 aromatic carbocycles. The summed E-state index contributed by atoms with van der Waals surface area (Å²) in [6.45, 7) is 3.13. The van der Waals surface area contributed by atoms with Crippen LogP contribution in [-0.2, 0) is 11.3 Å². The van der Waals surface area contributed by atoms with Crippen molar-refractivity contribution in [3.8, 4) is 0 Å². The molecular formula is C19H20N6O2. The van der Waals surface area contributed by atoms with Crippen LogP contribution in [0, 0.1) is 0 Å². The number of aromatic nitrogens is 4. The number of amides is 1. The Hall–Kier alpha value is -3.29. The van der Waals surface area contributed by atoms with Crippen LogP contribution in [-0.4, -0.2) is 57.0 Å². The van der Waals surface area contributed by atoms with Gasteiger partial charge in [-0.3, -0.25) is 14.6 Å². The zero-order valence-corrected chi connectivity index (χ0v) is 14.9. The molecule has 0 atom stereocenters. The fourth-order valence-electron chi connectivity index (χ4n) is 3.30. The summed E-state index contributed by atoms with van der Waals surface area (Å²) >= 11 is 0. The van der Waals surface area contributed by atoms with E-state index in [1.54, 1.807) is 30.6 Å². The number of benzene rings is 1. The standard InChI is InChI=1S/C19H20N6O2/c26-18(24-13-11-23(12-14-24)15-5-8-20-9-6-15)7-10-25-19(27)16-3-1-2-4-17(16)21-22-25/h1-6,8-9H,7,10-14H2. The lowest BCUT2D eigenvalue weighted by atomic mass is 10.2. The fraction of sp³-hybridized carbons (Fsp3) is 0.316. The SMILES string of the molecule is O=C(CCn1nnc2ccccc2c1=O)N1CCN(c2ccncc2)CC1. The minimum absolute atomic E-state index is 0.0336. The fourth-order valence-corrected chi connectivity index (χ4v) is 3.30. The third-order valence-corrected chi connectivity index (χ3v) is 4.83. The second-order valence-corrected chi connectivity index (χ2v) is 6.46. The van der Waals surface area contributed by atoms with E-state index in [1.807, 2.05) is 23.1 Å². The summed E-state index contributed by atoms with van der Waals surface area (Å²) in [5.41, 5.74) is 1.48. The topological polar surface area (TPSA) is 84.2 Å². The summed E-state index contributed by atoms with van der Waals surface area (Å²) in [5.74, 6) is 0.0336. The summed E-state index contributed by atoms with van der Waals surface area (Å²) in [6, 6.07) is 11.0. The summed E-state index contributed by atoms with van der Waals surface area (Å²) in [7, 11) is 0. The Morgan fingerprint density at radius 3 is 2.52 bits per heavy atom. The maximum absolute atomic E-state index is 12.5. The molecule has 0 N–H and O–H groups in total. The van der Waals surface area contributed by atoms with Crippen molar-refractivity contribution in [1.29, 1.82) is 0 Å². The van der Waals surface area contributed by atoms with Crippen molar-refractivity contribution < 1.29 is 4.79 Å². The van der Waals surface area contributed by atoms with E-state index in [2.05, 4.69) is 20.2 Å². The van der Waals surface area contributed by atoms with Crippen LogP contribution in [0.1, 0.15) is 6.42 Å². The monoisotopic (exact) mass is 364 g/mol. The zero-order chi connectivity index (χ0) is 18.6. The molecule has 0 bridgehead atoms. The van der Waals surface area contributed by atoms with Crippen LogP contribution in [0.3, 0.4) is 0 Å². The van der Waals surface area contributed by atoms with Crippen LogP contribution in [0.2, 0.25) is 0 Å². The van der Waals surface area contributed by atoms with Gasteiger partial charge in [0.15, 0.2) is 0 Å². The van der Waals surface area contributed by atoms with Gasteiger partial charge in [-0.2, -0.15) is 0 Å². The number of rotatable bonds is 4. The van der Waals surface area contributed by atoms with E-state index in [-0.39, 0.29) is 24.4 Å². The molecule has 27 heavy (non-hydrogen) atoms. The lowest BCUT2D eigenvalue weighted by molar-refractivity contribution is -0.131. The van der Waals surface area contributed by atoms with Gasteiger partial charge in [0.2, 0.25) is 5.91 Å². The number of piperazine rings is 1. The maximum Gasteiger partial charge on any atom is 0.277 e. The van der Waals surface area contributed by atoms with Crippen molar-refractivity contribution in [2.24, 2.45) is 0 Å². The molecule has 0 saturated carbocycles.